The smallest absolute Gasteiger partial charge is 0.303 e. The molecule has 146 valence electrons. The van der Waals surface area contributed by atoms with Gasteiger partial charge in [0.2, 0.25) is 0 Å². The monoisotopic (exact) mass is 376 g/mol. The molecule has 7 nitrogen and oxygen atoms in total. The molecule has 2 saturated heterocycles. The van der Waals surface area contributed by atoms with Crippen molar-refractivity contribution in [1.82, 2.24) is 0 Å². The van der Waals surface area contributed by atoms with E-state index in [1.54, 1.807) is 13.8 Å². The van der Waals surface area contributed by atoms with E-state index < -0.39 is 50.8 Å². The highest BCUT2D eigenvalue weighted by Crippen LogP contribution is 2.40. The van der Waals surface area contributed by atoms with Crippen molar-refractivity contribution in [3.63, 3.8) is 0 Å². The fourth-order valence-electron chi connectivity index (χ4n) is 2.74. The van der Waals surface area contributed by atoms with E-state index in [0.717, 1.165) is 0 Å². The molecule has 0 bridgehead atoms. The second-order valence-corrected chi connectivity index (χ2v) is 13.6. The number of aliphatic hydroxyl groups excluding tert-OH is 1. The Labute approximate surface area is 151 Å². The Morgan fingerprint density at radius 1 is 1.28 bits per heavy atom. The van der Waals surface area contributed by atoms with E-state index in [0.29, 0.717) is 0 Å². The van der Waals surface area contributed by atoms with Crippen molar-refractivity contribution in [2.45, 2.75) is 96.2 Å². The number of ether oxygens (including phenoxy) is 4. The van der Waals surface area contributed by atoms with Gasteiger partial charge in [-0.3, -0.25) is 4.79 Å². The van der Waals surface area contributed by atoms with Gasteiger partial charge in [-0.25, -0.2) is 0 Å². The van der Waals surface area contributed by atoms with E-state index >= 15 is 0 Å². The first kappa shape index (κ1) is 20.8. The van der Waals surface area contributed by atoms with Gasteiger partial charge in [-0.1, -0.05) is 20.8 Å². The van der Waals surface area contributed by atoms with Crippen molar-refractivity contribution in [3.8, 4) is 0 Å². The molecule has 0 aliphatic carbocycles. The maximum absolute atomic E-state index is 11.5. The Bertz CT molecular complexity index is 500. The van der Waals surface area contributed by atoms with E-state index in [9.17, 15) is 9.90 Å². The van der Waals surface area contributed by atoms with E-state index in [2.05, 4.69) is 33.9 Å². The fraction of sp³-hybridized carbons (Fsp3) is 0.941. The van der Waals surface area contributed by atoms with Crippen LogP contribution >= 0.6 is 0 Å². The second-order valence-electron chi connectivity index (χ2n) is 8.78. The van der Waals surface area contributed by atoms with Crippen LogP contribution in [0.5, 0.6) is 0 Å². The van der Waals surface area contributed by atoms with Gasteiger partial charge in [0.15, 0.2) is 32.6 Å². The molecule has 0 aromatic carbocycles. The molecule has 5 atom stereocenters. The van der Waals surface area contributed by atoms with Gasteiger partial charge in [0.1, 0.15) is 12.2 Å². The molecule has 2 rings (SSSR count). The summed E-state index contributed by atoms with van der Waals surface area (Å²) < 4.78 is 28.7. The average molecular weight is 377 g/mol. The van der Waals surface area contributed by atoms with E-state index in [1.165, 1.54) is 6.92 Å². The lowest BCUT2D eigenvalue weighted by Crippen LogP contribution is -2.48. The Kier molecular flexibility index (Phi) is 5.74. The number of fused-ring (bicyclic) bond motifs is 1. The Balaban J connectivity index is 2.05. The summed E-state index contributed by atoms with van der Waals surface area (Å²) in [4.78, 5) is 11.5. The zero-order valence-corrected chi connectivity index (χ0v) is 17.5. The van der Waals surface area contributed by atoms with Gasteiger partial charge in [0.05, 0.1) is 6.61 Å². The van der Waals surface area contributed by atoms with Gasteiger partial charge in [0.25, 0.3) is 0 Å². The summed E-state index contributed by atoms with van der Waals surface area (Å²) in [5.41, 5.74) is 0. The number of carbonyl (C=O) groups excluding carboxylic acids is 1. The van der Waals surface area contributed by atoms with Crippen molar-refractivity contribution in [1.29, 1.82) is 0 Å². The number of rotatable bonds is 5. The maximum Gasteiger partial charge on any atom is 0.303 e. The van der Waals surface area contributed by atoms with Crippen LogP contribution in [0.3, 0.4) is 0 Å². The molecule has 2 aliphatic heterocycles. The maximum atomic E-state index is 11.5. The molecule has 1 N–H and O–H groups in total. The molecule has 2 aliphatic rings. The van der Waals surface area contributed by atoms with E-state index in [1.807, 2.05) is 0 Å². The molecular weight excluding hydrogens is 344 g/mol. The summed E-state index contributed by atoms with van der Waals surface area (Å²) >= 11 is 0. The Morgan fingerprint density at radius 2 is 1.88 bits per heavy atom. The molecule has 0 radical (unpaired) electrons. The van der Waals surface area contributed by atoms with Gasteiger partial charge >= 0.3 is 5.97 Å². The van der Waals surface area contributed by atoms with Crippen LogP contribution in [0.15, 0.2) is 0 Å². The zero-order valence-electron chi connectivity index (χ0n) is 16.5. The lowest BCUT2D eigenvalue weighted by Gasteiger charge is -2.37. The molecule has 0 spiro atoms. The molecule has 0 amide bonds. The predicted molar refractivity (Wildman–Crippen MR) is 93.4 cm³/mol. The third-order valence-corrected chi connectivity index (χ3v) is 9.63. The van der Waals surface area contributed by atoms with Gasteiger partial charge in [-0.05, 0) is 32.0 Å². The predicted octanol–water partition coefficient (Wildman–Crippen LogP) is 2.18. The standard InChI is InChI=1S/C17H32O7Si/c1-10(18)21-13-12(22-15-14(13)23-17(5,6)24-15)11(19)9-20-25(7,8)16(2,3)4/h11-15,19H,9H2,1-8H3/t11-,12-,13-,14-,15-/m1/s1. The molecule has 8 heteroatoms. The number of carbonyl (C=O) groups is 1. The third-order valence-electron chi connectivity index (χ3n) is 5.13. The zero-order chi connectivity index (χ0) is 19.2. The molecule has 0 aromatic rings. The van der Waals surface area contributed by atoms with Crippen molar-refractivity contribution < 1.29 is 33.3 Å². The molecule has 0 unspecified atom stereocenters. The highest BCUT2D eigenvalue weighted by Gasteiger charge is 2.58. The highest BCUT2D eigenvalue weighted by atomic mass is 28.4. The van der Waals surface area contributed by atoms with Gasteiger partial charge in [-0.15, -0.1) is 0 Å². The van der Waals surface area contributed by atoms with Gasteiger partial charge in [0, 0.05) is 6.92 Å². The Morgan fingerprint density at radius 3 is 2.40 bits per heavy atom. The average Bonchev–Trinajstić information content (AvgIpc) is 2.88. The first-order valence-electron chi connectivity index (χ1n) is 8.74. The largest absolute Gasteiger partial charge is 0.457 e. The van der Waals surface area contributed by atoms with Crippen molar-refractivity contribution in [3.05, 3.63) is 0 Å². The lowest BCUT2D eigenvalue weighted by molar-refractivity contribution is -0.230. The topological polar surface area (TPSA) is 83.5 Å². The molecular formula is C17H32O7Si. The summed E-state index contributed by atoms with van der Waals surface area (Å²) in [6, 6.07) is 0. The summed E-state index contributed by atoms with van der Waals surface area (Å²) in [5, 5.41) is 10.6. The van der Waals surface area contributed by atoms with Crippen LogP contribution in [0.4, 0.5) is 0 Å². The van der Waals surface area contributed by atoms with Crippen LogP contribution in [0, 0.1) is 0 Å². The number of aliphatic hydroxyl groups is 1. The number of esters is 1. The van der Waals surface area contributed by atoms with E-state index in [-0.39, 0.29) is 11.6 Å². The van der Waals surface area contributed by atoms with Crippen molar-refractivity contribution in [2.24, 2.45) is 0 Å². The fourth-order valence-corrected chi connectivity index (χ4v) is 3.77. The highest BCUT2D eigenvalue weighted by molar-refractivity contribution is 6.74. The number of hydrogen-bond donors (Lipinski definition) is 1. The normalized spacial score (nSPS) is 33.2. The SMILES string of the molecule is CC(=O)O[C@H]1[C@H]2OC(C)(C)O[C@H]2O[C@@H]1[C@H](O)CO[Si](C)(C)C(C)(C)C. The third kappa shape index (κ3) is 4.61. The minimum Gasteiger partial charge on any atom is -0.457 e. The summed E-state index contributed by atoms with van der Waals surface area (Å²) in [7, 11) is -2.01. The van der Waals surface area contributed by atoms with Crippen LogP contribution < -0.4 is 0 Å². The summed E-state index contributed by atoms with van der Waals surface area (Å²) in [5.74, 6) is -1.27. The Hall–Kier alpha value is -0.513. The van der Waals surface area contributed by atoms with E-state index in [4.69, 9.17) is 23.4 Å². The first-order chi connectivity index (χ1) is 11.2. The van der Waals surface area contributed by atoms with Gasteiger partial charge in [-0.2, -0.15) is 0 Å². The first-order valence-corrected chi connectivity index (χ1v) is 11.6. The minimum atomic E-state index is -2.01. The van der Waals surface area contributed by atoms with Crippen molar-refractivity contribution in [2.75, 3.05) is 6.61 Å². The molecule has 2 heterocycles. The van der Waals surface area contributed by atoms with Crippen LogP contribution in [-0.2, 0) is 28.2 Å². The molecule has 25 heavy (non-hydrogen) atoms. The van der Waals surface area contributed by atoms with Crippen LogP contribution in [0.2, 0.25) is 18.1 Å². The van der Waals surface area contributed by atoms with Crippen LogP contribution in [-0.4, -0.2) is 62.5 Å². The van der Waals surface area contributed by atoms with Crippen LogP contribution in [0.1, 0.15) is 41.5 Å². The lowest BCUT2D eigenvalue weighted by atomic mass is 10.1. The summed E-state index contributed by atoms with van der Waals surface area (Å²) in [6.45, 7) is 15.6. The minimum absolute atomic E-state index is 0.0330. The summed E-state index contributed by atoms with van der Waals surface area (Å²) in [6.07, 6.45) is -3.67. The quantitative estimate of drug-likeness (QED) is 0.581. The van der Waals surface area contributed by atoms with Crippen molar-refractivity contribution >= 4 is 14.3 Å². The molecule has 0 saturated carbocycles. The molecule has 2 fully saturated rings. The number of hydrogen-bond acceptors (Lipinski definition) is 7. The second kappa shape index (κ2) is 6.90. The van der Waals surface area contributed by atoms with Gasteiger partial charge < -0.3 is 28.5 Å². The molecule has 0 aromatic heterocycles. The van der Waals surface area contributed by atoms with Crippen LogP contribution in [0.25, 0.3) is 0 Å².